The highest BCUT2D eigenvalue weighted by Crippen LogP contribution is 2.14. The topological polar surface area (TPSA) is 15.3 Å². The number of piperidine rings is 1. The average molecular weight is 258 g/mol. The van der Waals surface area contributed by atoms with Crippen molar-refractivity contribution in [1.82, 2.24) is 10.2 Å². The first-order chi connectivity index (χ1) is 8.36. The van der Waals surface area contributed by atoms with Crippen LogP contribution in [0, 0.1) is 5.92 Å². The molecule has 1 rings (SSSR count). The van der Waals surface area contributed by atoms with E-state index in [1.807, 2.05) is 0 Å². The third kappa shape index (κ3) is 7.32. The minimum absolute atomic E-state index is 0.946. The second-order valence-electron chi connectivity index (χ2n) is 5.04. The van der Waals surface area contributed by atoms with Crippen LogP contribution in [0.1, 0.15) is 39.5 Å². The third-order valence-corrected chi connectivity index (χ3v) is 4.47. The van der Waals surface area contributed by atoms with E-state index in [0.717, 1.165) is 5.92 Å². The van der Waals surface area contributed by atoms with Crippen molar-refractivity contribution >= 4 is 11.8 Å². The van der Waals surface area contributed by atoms with E-state index in [1.165, 1.54) is 69.9 Å². The van der Waals surface area contributed by atoms with Gasteiger partial charge in [-0.3, -0.25) is 0 Å². The summed E-state index contributed by atoms with van der Waals surface area (Å²) in [5.41, 5.74) is 0. The number of nitrogens with one attached hydrogen (secondary N) is 1. The van der Waals surface area contributed by atoms with Gasteiger partial charge in [0.25, 0.3) is 0 Å². The van der Waals surface area contributed by atoms with Gasteiger partial charge in [-0.05, 0) is 69.3 Å². The summed E-state index contributed by atoms with van der Waals surface area (Å²) in [6.07, 6.45) is 5.42. The summed E-state index contributed by atoms with van der Waals surface area (Å²) in [6, 6.07) is 0. The summed E-state index contributed by atoms with van der Waals surface area (Å²) in [7, 11) is 0. The van der Waals surface area contributed by atoms with Gasteiger partial charge in [-0.2, -0.15) is 11.8 Å². The first-order valence-electron chi connectivity index (χ1n) is 7.37. The van der Waals surface area contributed by atoms with Crippen molar-refractivity contribution < 1.29 is 0 Å². The van der Waals surface area contributed by atoms with E-state index in [4.69, 9.17) is 0 Å². The van der Waals surface area contributed by atoms with E-state index in [-0.39, 0.29) is 0 Å². The first-order valence-corrected chi connectivity index (χ1v) is 8.53. The molecule has 1 saturated heterocycles. The van der Waals surface area contributed by atoms with Crippen LogP contribution in [-0.2, 0) is 0 Å². The average Bonchev–Trinajstić information content (AvgIpc) is 2.36. The summed E-state index contributed by atoms with van der Waals surface area (Å²) < 4.78 is 0. The summed E-state index contributed by atoms with van der Waals surface area (Å²) in [5, 5.41) is 3.46. The van der Waals surface area contributed by atoms with Gasteiger partial charge in [-0.25, -0.2) is 0 Å². The van der Waals surface area contributed by atoms with Gasteiger partial charge in [0.2, 0.25) is 0 Å². The SMILES string of the molecule is CCCN(CCCSCC)CC1CCNCC1. The van der Waals surface area contributed by atoms with Gasteiger partial charge in [0.05, 0.1) is 0 Å². The molecule has 0 atom stereocenters. The van der Waals surface area contributed by atoms with Crippen molar-refractivity contribution in [1.29, 1.82) is 0 Å². The van der Waals surface area contributed by atoms with Crippen molar-refractivity contribution in [3.8, 4) is 0 Å². The maximum atomic E-state index is 3.46. The first kappa shape index (κ1) is 15.3. The van der Waals surface area contributed by atoms with Crippen LogP contribution in [0.15, 0.2) is 0 Å². The van der Waals surface area contributed by atoms with Gasteiger partial charge in [0.1, 0.15) is 0 Å². The Hall–Kier alpha value is 0.270. The van der Waals surface area contributed by atoms with Gasteiger partial charge in [-0.15, -0.1) is 0 Å². The molecule has 1 aliphatic rings. The lowest BCUT2D eigenvalue weighted by molar-refractivity contribution is 0.206. The van der Waals surface area contributed by atoms with Crippen molar-refractivity contribution in [2.24, 2.45) is 5.92 Å². The lowest BCUT2D eigenvalue weighted by Crippen LogP contribution is -2.37. The second-order valence-corrected chi connectivity index (χ2v) is 6.44. The van der Waals surface area contributed by atoms with Crippen LogP contribution in [0.25, 0.3) is 0 Å². The minimum Gasteiger partial charge on any atom is -0.317 e. The molecule has 0 spiro atoms. The zero-order valence-electron chi connectivity index (χ0n) is 11.7. The van der Waals surface area contributed by atoms with E-state index in [9.17, 15) is 0 Å². The number of hydrogen-bond acceptors (Lipinski definition) is 3. The van der Waals surface area contributed by atoms with E-state index in [0.29, 0.717) is 0 Å². The fraction of sp³-hybridized carbons (Fsp3) is 1.00. The van der Waals surface area contributed by atoms with E-state index < -0.39 is 0 Å². The molecule has 0 saturated carbocycles. The normalized spacial score (nSPS) is 17.8. The summed E-state index contributed by atoms with van der Waals surface area (Å²) in [6.45, 7) is 11.0. The highest BCUT2D eigenvalue weighted by Gasteiger charge is 2.16. The van der Waals surface area contributed by atoms with Crippen LogP contribution < -0.4 is 5.32 Å². The Bertz CT molecular complexity index is 170. The highest BCUT2D eigenvalue weighted by atomic mass is 32.2. The smallest absolute Gasteiger partial charge is 0.00106 e. The summed E-state index contributed by atoms with van der Waals surface area (Å²) >= 11 is 2.08. The van der Waals surface area contributed by atoms with Gasteiger partial charge in [-0.1, -0.05) is 13.8 Å². The molecule has 17 heavy (non-hydrogen) atoms. The molecule has 0 amide bonds. The molecule has 0 aromatic carbocycles. The van der Waals surface area contributed by atoms with Gasteiger partial charge >= 0.3 is 0 Å². The Morgan fingerprint density at radius 3 is 2.59 bits per heavy atom. The molecule has 1 aliphatic heterocycles. The Labute approximate surface area is 112 Å². The number of thioether (sulfide) groups is 1. The molecule has 2 nitrogen and oxygen atoms in total. The van der Waals surface area contributed by atoms with Gasteiger partial charge in [0.15, 0.2) is 0 Å². The lowest BCUT2D eigenvalue weighted by atomic mass is 9.97. The molecule has 1 N–H and O–H groups in total. The van der Waals surface area contributed by atoms with E-state index >= 15 is 0 Å². The van der Waals surface area contributed by atoms with Crippen LogP contribution in [0.4, 0.5) is 0 Å². The van der Waals surface area contributed by atoms with Crippen molar-refractivity contribution in [2.45, 2.75) is 39.5 Å². The Morgan fingerprint density at radius 2 is 1.94 bits per heavy atom. The summed E-state index contributed by atoms with van der Waals surface area (Å²) in [4.78, 5) is 2.70. The fourth-order valence-corrected chi connectivity index (χ4v) is 3.20. The molecule has 0 aromatic heterocycles. The molecule has 1 heterocycles. The molecule has 0 aliphatic carbocycles. The third-order valence-electron chi connectivity index (χ3n) is 3.48. The second kappa shape index (κ2) is 10.2. The number of rotatable bonds is 9. The van der Waals surface area contributed by atoms with Crippen LogP contribution in [0.5, 0.6) is 0 Å². The number of nitrogens with zero attached hydrogens (tertiary/aromatic N) is 1. The van der Waals surface area contributed by atoms with Crippen LogP contribution in [-0.4, -0.2) is 49.1 Å². The molecular weight excluding hydrogens is 228 g/mol. The molecule has 0 bridgehead atoms. The zero-order valence-corrected chi connectivity index (χ0v) is 12.5. The number of hydrogen-bond donors (Lipinski definition) is 1. The quantitative estimate of drug-likeness (QED) is 0.640. The molecule has 0 radical (unpaired) electrons. The van der Waals surface area contributed by atoms with Crippen molar-refractivity contribution in [2.75, 3.05) is 44.2 Å². The van der Waals surface area contributed by atoms with E-state index in [2.05, 4.69) is 35.8 Å². The molecule has 0 unspecified atom stereocenters. The van der Waals surface area contributed by atoms with Crippen LogP contribution in [0.3, 0.4) is 0 Å². The standard InChI is InChI=1S/C14H30N2S/c1-3-10-16(11-5-12-17-4-2)13-14-6-8-15-9-7-14/h14-15H,3-13H2,1-2H3. The zero-order chi connectivity index (χ0) is 12.3. The predicted molar refractivity (Wildman–Crippen MR) is 79.9 cm³/mol. The van der Waals surface area contributed by atoms with Crippen molar-refractivity contribution in [3.63, 3.8) is 0 Å². The maximum Gasteiger partial charge on any atom is 0.00106 e. The molecule has 1 fully saturated rings. The molecule has 0 aromatic rings. The fourth-order valence-electron chi connectivity index (χ4n) is 2.57. The summed E-state index contributed by atoms with van der Waals surface area (Å²) in [5.74, 6) is 3.55. The Kier molecular flexibility index (Phi) is 9.21. The minimum atomic E-state index is 0.946. The van der Waals surface area contributed by atoms with Crippen LogP contribution in [0.2, 0.25) is 0 Å². The predicted octanol–water partition coefficient (Wildman–Crippen LogP) is 2.84. The van der Waals surface area contributed by atoms with E-state index in [1.54, 1.807) is 0 Å². The van der Waals surface area contributed by atoms with Crippen LogP contribution >= 0.6 is 11.8 Å². The largest absolute Gasteiger partial charge is 0.317 e. The monoisotopic (exact) mass is 258 g/mol. The maximum absolute atomic E-state index is 3.46. The highest BCUT2D eigenvalue weighted by molar-refractivity contribution is 7.99. The van der Waals surface area contributed by atoms with Gasteiger partial charge < -0.3 is 10.2 Å². The lowest BCUT2D eigenvalue weighted by Gasteiger charge is -2.29. The molecular formula is C14H30N2S. The van der Waals surface area contributed by atoms with Gasteiger partial charge in [0, 0.05) is 6.54 Å². The Balaban J connectivity index is 2.16. The Morgan fingerprint density at radius 1 is 1.18 bits per heavy atom. The molecule has 3 heteroatoms. The van der Waals surface area contributed by atoms with Crippen molar-refractivity contribution in [3.05, 3.63) is 0 Å². The molecule has 102 valence electrons.